The number of carbonyl (C=O) groups excluding carboxylic acids is 3. The molecule has 0 atom stereocenters. The second-order valence-corrected chi connectivity index (χ2v) is 7.98. The highest BCUT2D eigenvalue weighted by Crippen LogP contribution is 2.34. The van der Waals surface area contributed by atoms with Crippen LogP contribution in [0.4, 0.5) is 5.69 Å². The van der Waals surface area contributed by atoms with E-state index in [0.29, 0.717) is 28.1 Å². The summed E-state index contributed by atoms with van der Waals surface area (Å²) in [6, 6.07) is 17.4. The number of imide groups is 1. The van der Waals surface area contributed by atoms with Crippen LogP contribution >= 0.6 is 0 Å². The van der Waals surface area contributed by atoms with Crippen LogP contribution in [0.15, 0.2) is 72.8 Å². The van der Waals surface area contributed by atoms with Gasteiger partial charge < -0.3 is 4.74 Å². The van der Waals surface area contributed by atoms with E-state index in [2.05, 4.69) is 0 Å². The fraction of sp³-hybridized carbons (Fsp3) is 0.192. The predicted molar refractivity (Wildman–Crippen MR) is 118 cm³/mol. The van der Waals surface area contributed by atoms with E-state index in [9.17, 15) is 14.4 Å². The Hall–Kier alpha value is -3.73. The minimum Gasteiger partial charge on any atom is -0.423 e. The molecule has 1 aliphatic heterocycles. The molecular weight excluding hydrogens is 390 g/mol. The molecule has 3 aromatic carbocycles. The number of allylic oxidation sites excluding steroid dienone is 1. The summed E-state index contributed by atoms with van der Waals surface area (Å²) in [7, 11) is 0. The molecule has 0 radical (unpaired) electrons. The van der Waals surface area contributed by atoms with Gasteiger partial charge in [-0.3, -0.25) is 9.59 Å². The number of rotatable bonds is 4. The summed E-state index contributed by atoms with van der Waals surface area (Å²) < 4.78 is 5.43. The van der Waals surface area contributed by atoms with Crippen LogP contribution in [0.2, 0.25) is 0 Å². The number of ether oxygens (including phenoxy) is 1. The highest BCUT2D eigenvalue weighted by Gasteiger charge is 2.34. The van der Waals surface area contributed by atoms with Crippen molar-refractivity contribution in [1.82, 2.24) is 0 Å². The van der Waals surface area contributed by atoms with Crippen LogP contribution in [0.25, 0.3) is 10.8 Å². The van der Waals surface area contributed by atoms with Crippen LogP contribution in [-0.4, -0.2) is 17.8 Å². The summed E-state index contributed by atoms with van der Waals surface area (Å²) in [6.45, 7) is 0. The van der Waals surface area contributed by atoms with Gasteiger partial charge in [0.25, 0.3) is 11.8 Å². The molecule has 1 heterocycles. The number of carbonyl (C=O) groups is 3. The summed E-state index contributed by atoms with van der Waals surface area (Å²) in [5.74, 6) is -0.519. The van der Waals surface area contributed by atoms with Gasteiger partial charge in [0.05, 0.1) is 5.69 Å². The second kappa shape index (κ2) is 7.84. The maximum atomic E-state index is 13.2. The van der Waals surface area contributed by atoms with Crippen molar-refractivity contribution in [3.05, 3.63) is 83.9 Å². The van der Waals surface area contributed by atoms with Crippen LogP contribution in [0.3, 0.4) is 0 Å². The van der Waals surface area contributed by atoms with Crippen LogP contribution < -0.4 is 9.64 Å². The molecule has 3 aromatic rings. The molecule has 154 valence electrons. The third kappa shape index (κ3) is 3.52. The quantitative estimate of drug-likeness (QED) is 0.253. The Morgan fingerprint density at radius 3 is 2.23 bits per heavy atom. The Bertz CT molecular complexity index is 1190. The fourth-order valence-electron chi connectivity index (χ4n) is 4.47. The van der Waals surface area contributed by atoms with Crippen LogP contribution in [0.5, 0.6) is 5.75 Å². The van der Waals surface area contributed by atoms with Crippen LogP contribution in [0.1, 0.15) is 46.4 Å². The van der Waals surface area contributed by atoms with Gasteiger partial charge in [0.1, 0.15) is 5.75 Å². The Morgan fingerprint density at radius 1 is 0.903 bits per heavy atom. The number of anilines is 1. The van der Waals surface area contributed by atoms with E-state index in [1.54, 1.807) is 36.4 Å². The van der Waals surface area contributed by atoms with Crippen molar-refractivity contribution in [3.63, 3.8) is 0 Å². The Kier molecular flexibility index (Phi) is 4.86. The summed E-state index contributed by atoms with van der Waals surface area (Å²) in [5.41, 5.74) is 1.33. The Morgan fingerprint density at radius 2 is 1.55 bits per heavy atom. The molecule has 5 rings (SSSR count). The normalized spacial score (nSPS) is 16.5. The van der Waals surface area contributed by atoms with E-state index in [-0.39, 0.29) is 17.6 Å². The summed E-state index contributed by atoms with van der Waals surface area (Å²) in [6.07, 6.45) is 7.98. The molecule has 1 saturated carbocycles. The summed E-state index contributed by atoms with van der Waals surface area (Å²) in [5, 5.41) is 1.53. The van der Waals surface area contributed by atoms with Gasteiger partial charge in [-0.05, 0) is 48.4 Å². The van der Waals surface area contributed by atoms with E-state index in [4.69, 9.17) is 4.74 Å². The van der Waals surface area contributed by atoms with Crippen molar-refractivity contribution >= 4 is 34.2 Å². The van der Waals surface area contributed by atoms with E-state index in [1.165, 1.54) is 18.9 Å². The average molecular weight is 411 g/mol. The standard InChI is InChI=1S/C26H21NO4/c28-23(15-14-17-6-1-2-7-17)31-20-11-5-10-19(16-20)27-25(29)21-12-3-8-18-9-4-13-22(24(18)21)26(27)30/h3-5,8-17H,1-2,6-7H2/b15-14+. The zero-order chi connectivity index (χ0) is 21.4. The molecule has 0 spiro atoms. The number of esters is 1. The molecule has 1 fully saturated rings. The molecule has 31 heavy (non-hydrogen) atoms. The molecule has 2 aliphatic rings. The van der Waals surface area contributed by atoms with Gasteiger partial charge in [-0.15, -0.1) is 0 Å². The van der Waals surface area contributed by atoms with Gasteiger partial charge in [-0.2, -0.15) is 0 Å². The Labute approximate surface area is 179 Å². The first-order valence-corrected chi connectivity index (χ1v) is 10.5. The lowest BCUT2D eigenvalue weighted by atomic mass is 9.94. The number of nitrogens with zero attached hydrogens (tertiary/aromatic N) is 1. The smallest absolute Gasteiger partial charge is 0.335 e. The molecule has 5 nitrogen and oxygen atoms in total. The summed E-state index contributed by atoms with van der Waals surface area (Å²) in [4.78, 5) is 39.7. The van der Waals surface area contributed by atoms with E-state index < -0.39 is 5.97 Å². The van der Waals surface area contributed by atoms with E-state index in [0.717, 1.165) is 23.1 Å². The molecule has 0 saturated heterocycles. The Balaban J connectivity index is 1.42. The third-order valence-corrected chi connectivity index (χ3v) is 5.97. The van der Waals surface area contributed by atoms with Crippen molar-refractivity contribution < 1.29 is 19.1 Å². The summed E-state index contributed by atoms with van der Waals surface area (Å²) >= 11 is 0. The average Bonchev–Trinajstić information content (AvgIpc) is 3.30. The number of amides is 2. The third-order valence-electron chi connectivity index (χ3n) is 5.97. The highest BCUT2D eigenvalue weighted by atomic mass is 16.5. The fourth-order valence-corrected chi connectivity index (χ4v) is 4.47. The first-order valence-electron chi connectivity index (χ1n) is 10.5. The number of hydrogen-bond donors (Lipinski definition) is 0. The van der Waals surface area contributed by atoms with Gasteiger partial charge in [0, 0.05) is 28.7 Å². The highest BCUT2D eigenvalue weighted by molar-refractivity contribution is 6.35. The van der Waals surface area contributed by atoms with Crippen LogP contribution in [0, 0.1) is 5.92 Å². The molecule has 5 heteroatoms. The monoisotopic (exact) mass is 411 g/mol. The van der Waals surface area contributed by atoms with Crippen molar-refractivity contribution in [1.29, 1.82) is 0 Å². The zero-order valence-electron chi connectivity index (χ0n) is 16.9. The maximum Gasteiger partial charge on any atom is 0.335 e. The van der Waals surface area contributed by atoms with E-state index >= 15 is 0 Å². The van der Waals surface area contributed by atoms with Gasteiger partial charge >= 0.3 is 5.97 Å². The predicted octanol–water partition coefficient (Wildman–Crippen LogP) is 5.29. The second-order valence-electron chi connectivity index (χ2n) is 7.98. The number of hydrogen-bond acceptors (Lipinski definition) is 4. The molecule has 0 aromatic heterocycles. The molecular formula is C26H21NO4. The van der Waals surface area contributed by atoms with Crippen molar-refractivity contribution in [2.24, 2.45) is 5.92 Å². The lowest BCUT2D eigenvalue weighted by Gasteiger charge is -2.27. The first kappa shape index (κ1) is 19.2. The SMILES string of the molecule is O=C(/C=C/C1CCCC1)Oc1cccc(N2C(=O)c3cccc4cccc(c34)C2=O)c1. The number of benzene rings is 3. The topological polar surface area (TPSA) is 63.7 Å². The maximum absolute atomic E-state index is 13.2. The van der Waals surface area contributed by atoms with Gasteiger partial charge in [-0.1, -0.05) is 49.2 Å². The molecule has 0 bridgehead atoms. The largest absolute Gasteiger partial charge is 0.423 e. The first-order chi connectivity index (χ1) is 15.1. The zero-order valence-corrected chi connectivity index (χ0v) is 16.9. The van der Waals surface area contributed by atoms with Crippen LogP contribution in [-0.2, 0) is 4.79 Å². The van der Waals surface area contributed by atoms with Gasteiger partial charge in [0.2, 0.25) is 0 Å². The minimum absolute atomic E-state index is 0.288. The molecule has 1 aliphatic carbocycles. The molecule has 2 amide bonds. The van der Waals surface area contributed by atoms with Crippen molar-refractivity contribution in [2.45, 2.75) is 25.7 Å². The van der Waals surface area contributed by atoms with Gasteiger partial charge in [-0.25, -0.2) is 9.69 Å². The molecule has 0 unspecified atom stereocenters. The lowest BCUT2D eigenvalue weighted by Crippen LogP contribution is -2.40. The van der Waals surface area contributed by atoms with Gasteiger partial charge in [0.15, 0.2) is 0 Å². The minimum atomic E-state index is -0.463. The lowest BCUT2D eigenvalue weighted by molar-refractivity contribution is -0.129. The van der Waals surface area contributed by atoms with Crippen molar-refractivity contribution in [3.8, 4) is 5.75 Å². The molecule has 0 N–H and O–H groups in total. The van der Waals surface area contributed by atoms with Crippen molar-refractivity contribution in [2.75, 3.05) is 4.90 Å². The van der Waals surface area contributed by atoms with E-state index in [1.807, 2.05) is 30.3 Å².